The number of alkyl halides is 2. The number of nitrogens with one attached hydrogen (secondary N) is 1. The number of hydrogen-bond donors (Lipinski definition) is 1. The van der Waals surface area contributed by atoms with Gasteiger partial charge in [-0.05, 0) is 47.6 Å². The van der Waals surface area contributed by atoms with Crippen LogP contribution in [-0.2, 0) is 4.74 Å². The van der Waals surface area contributed by atoms with Crippen LogP contribution in [0.3, 0.4) is 0 Å². The van der Waals surface area contributed by atoms with Crippen LogP contribution in [0.15, 0.2) is 48.5 Å². The molecule has 156 valence electrons. The lowest BCUT2D eigenvalue weighted by Crippen LogP contribution is -2.23. The quantitative estimate of drug-likeness (QED) is 0.571. The lowest BCUT2D eigenvalue weighted by Gasteiger charge is -2.28. The Balaban J connectivity index is 1.43. The van der Waals surface area contributed by atoms with Gasteiger partial charge in [-0.25, -0.2) is 18.7 Å². The second kappa shape index (κ2) is 8.22. The van der Waals surface area contributed by atoms with E-state index in [1.54, 1.807) is 12.1 Å². The van der Waals surface area contributed by atoms with Crippen molar-refractivity contribution in [1.29, 1.82) is 0 Å². The number of ether oxygens (including phenoxy) is 2. The summed E-state index contributed by atoms with van der Waals surface area (Å²) in [5, 5.41) is 9.76. The Morgan fingerprint density at radius 3 is 2.23 bits per heavy atom. The number of carbonyl (C=O) groups is 1. The van der Waals surface area contributed by atoms with E-state index < -0.39 is 11.9 Å². The van der Waals surface area contributed by atoms with Crippen molar-refractivity contribution in [2.75, 3.05) is 7.11 Å². The Morgan fingerprint density at radius 1 is 1.03 bits per heavy atom. The van der Waals surface area contributed by atoms with Crippen molar-refractivity contribution in [3.8, 4) is 22.8 Å². The van der Waals surface area contributed by atoms with Gasteiger partial charge in [-0.1, -0.05) is 46.7 Å². The number of methoxy groups -OCH3 is 1. The van der Waals surface area contributed by atoms with E-state index in [0.717, 1.165) is 16.7 Å². The monoisotopic (exact) mass is 413 g/mol. The fourth-order valence-electron chi connectivity index (χ4n) is 3.67. The predicted molar refractivity (Wildman–Crippen MR) is 106 cm³/mol. The Kier molecular flexibility index (Phi) is 5.48. The van der Waals surface area contributed by atoms with Crippen molar-refractivity contribution in [1.82, 2.24) is 15.4 Å². The smallest absolute Gasteiger partial charge is 0.361 e. The number of esters is 1. The van der Waals surface area contributed by atoms with Gasteiger partial charge >= 0.3 is 5.97 Å². The van der Waals surface area contributed by atoms with Crippen molar-refractivity contribution >= 4 is 5.97 Å². The summed E-state index contributed by atoms with van der Waals surface area (Å²) in [6.07, 6.45) is 0.968. The molecule has 8 heteroatoms. The first-order valence-electron chi connectivity index (χ1n) is 9.70. The average molecular weight is 413 g/mol. The maximum Gasteiger partial charge on any atom is 0.361 e. The highest BCUT2D eigenvalue weighted by Crippen LogP contribution is 2.41. The van der Waals surface area contributed by atoms with Crippen LogP contribution in [0, 0.1) is 0 Å². The molecular weight excluding hydrogens is 392 g/mol. The number of H-pyrrole nitrogens is 1. The third kappa shape index (κ3) is 4.32. The minimum atomic E-state index is -2.51. The number of aromatic amines is 1. The van der Waals surface area contributed by atoms with Gasteiger partial charge in [0.15, 0.2) is 0 Å². The molecular formula is C22H21F2N3O3. The molecule has 0 amide bonds. The summed E-state index contributed by atoms with van der Waals surface area (Å²) >= 11 is 0. The van der Waals surface area contributed by atoms with E-state index in [0.29, 0.717) is 18.6 Å². The van der Waals surface area contributed by atoms with Gasteiger partial charge in [-0.2, -0.15) is 0 Å². The molecule has 1 aliphatic carbocycles. The molecule has 0 aliphatic heterocycles. The van der Waals surface area contributed by atoms with E-state index in [4.69, 9.17) is 4.74 Å². The average Bonchev–Trinajstić information content (AvgIpc) is 3.22. The number of benzene rings is 2. The van der Waals surface area contributed by atoms with Gasteiger partial charge in [0.2, 0.25) is 11.6 Å². The van der Waals surface area contributed by atoms with Crippen LogP contribution in [0.4, 0.5) is 8.78 Å². The predicted octanol–water partition coefficient (Wildman–Crippen LogP) is 5.34. The zero-order valence-corrected chi connectivity index (χ0v) is 16.4. The van der Waals surface area contributed by atoms with E-state index in [2.05, 4.69) is 20.1 Å². The van der Waals surface area contributed by atoms with E-state index in [-0.39, 0.29) is 30.3 Å². The summed E-state index contributed by atoms with van der Waals surface area (Å²) in [4.78, 5) is 11.6. The number of rotatable bonds is 5. The molecule has 30 heavy (non-hydrogen) atoms. The molecule has 1 aromatic heterocycles. The standard InChI is InChI=1S/C22H21F2N3O3/c1-29-21(28)19-20(26-27-25-19)30-18-8-6-16(7-9-18)14-2-4-15(5-3-14)17-10-12-22(23,24)13-11-17/h2-9,17H,10-13H2,1H3,(H,25,26,27). The Bertz CT molecular complexity index is 1010. The molecule has 1 saturated carbocycles. The van der Waals surface area contributed by atoms with Gasteiger partial charge in [0.05, 0.1) is 7.11 Å². The van der Waals surface area contributed by atoms with E-state index in [1.807, 2.05) is 36.4 Å². The maximum absolute atomic E-state index is 13.4. The second-order valence-electron chi connectivity index (χ2n) is 7.36. The van der Waals surface area contributed by atoms with Gasteiger partial charge in [-0.15, -0.1) is 0 Å². The Morgan fingerprint density at radius 2 is 1.63 bits per heavy atom. The summed E-state index contributed by atoms with van der Waals surface area (Å²) in [5.41, 5.74) is 3.15. The Hall–Kier alpha value is -3.29. The molecule has 0 bridgehead atoms. The number of hydrogen-bond acceptors (Lipinski definition) is 5. The molecule has 1 aliphatic rings. The summed E-state index contributed by atoms with van der Waals surface area (Å²) < 4.78 is 37.0. The SMILES string of the molecule is COC(=O)c1[nH]nnc1Oc1ccc(-c2ccc(C3CCC(F)(F)CC3)cc2)cc1. The summed E-state index contributed by atoms with van der Waals surface area (Å²) in [6, 6.07) is 15.4. The number of nitrogens with zero attached hydrogens (tertiary/aromatic N) is 2. The largest absolute Gasteiger partial charge is 0.464 e. The summed E-state index contributed by atoms with van der Waals surface area (Å²) in [6.45, 7) is 0. The highest BCUT2D eigenvalue weighted by atomic mass is 19.3. The third-order valence-corrected chi connectivity index (χ3v) is 5.41. The molecule has 0 radical (unpaired) electrons. The highest BCUT2D eigenvalue weighted by molar-refractivity contribution is 5.89. The summed E-state index contributed by atoms with van der Waals surface area (Å²) in [5.74, 6) is -2.40. The van der Waals surface area contributed by atoms with Crippen LogP contribution in [0.1, 0.15) is 47.7 Å². The van der Waals surface area contributed by atoms with Crippen molar-refractivity contribution in [3.63, 3.8) is 0 Å². The topological polar surface area (TPSA) is 77.1 Å². The normalized spacial score (nSPS) is 16.2. The van der Waals surface area contributed by atoms with Crippen LogP contribution < -0.4 is 4.74 Å². The molecule has 4 rings (SSSR count). The third-order valence-electron chi connectivity index (χ3n) is 5.41. The van der Waals surface area contributed by atoms with Crippen molar-refractivity contribution in [2.45, 2.75) is 37.5 Å². The maximum atomic E-state index is 13.4. The number of halogens is 2. The fraction of sp³-hybridized carbons (Fsp3) is 0.318. The molecule has 0 saturated heterocycles. The Labute approximate surface area is 172 Å². The summed E-state index contributed by atoms with van der Waals surface area (Å²) in [7, 11) is 1.26. The van der Waals surface area contributed by atoms with E-state index >= 15 is 0 Å². The molecule has 0 atom stereocenters. The molecule has 1 fully saturated rings. The second-order valence-corrected chi connectivity index (χ2v) is 7.36. The van der Waals surface area contributed by atoms with E-state index in [9.17, 15) is 13.6 Å². The first-order chi connectivity index (χ1) is 14.4. The van der Waals surface area contributed by atoms with E-state index in [1.165, 1.54) is 7.11 Å². The highest BCUT2D eigenvalue weighted by Gasteiger charge is 2.35. The van der Waals surface area contributed by atoms with Crippen LogP contribution >= 0.6 is 0 Å². The number of carbonyl (C=O) groups excluding carboxylic acids is 1. The lowest BCUT2D eigenvalue weighted by molar-refractivity contribution is -0.0382. The van der Waals surface area contributed by atoms with Gasteiger partial charge in [0.1, 0.15) is 5.75 Å². The molecule has 2 aromatic carbocycles. The zero-order chi connectivity index (χ0) is 21.1. The molecule has 0 unspecified atom stereocenters. The number of aromatic nitrogens is 3. The molecule has 1 N–H and O–H groups in total. The molecule has 6 nitrogen and oxygen atoms in total. The molecule has 0 spiro atoms. The van der Waals surface area contributed by atoms with Crippen LogP contribution in [0.25, 0.3) is 11.1 Å². The van der Waals surface area contributed by atoms with Crippen LogP contribution in [0.2, 0.25) is 0 Å². The van der Waals surface area contributed by atoms with Gasteiger partial charge < -0.3 is 9.47 Å². The van der Waals surface area contributed by atoms with Crippen LogP contribution in [0.5, 0.6) is 11.6 Å². The van der Waals surface area contributed by atoms with Crippen LogP contribution in [-0.4, -0.2) is 34.4 Å². The van der Waals surface area contributed by atoms with Crippen molar-refractivity contribution < 1.29 is 23.0 Å². The lowest BCUT2D eigenvalue weighted by atomic mass is 9.82. The molecule has 1 heterocycles. The first kappa shape index (κ1) is 20.0. The van der Waals surface area contributed by atoms with Gasteiger partial charge in [0, 0.05) is 12.8 Å². The minimum Gasteiger partial charge on any atom is -0.464 e. The van der Waals surface area contributed by atoms with Gasteiger partial charge in [0.25, 0.3) is 5.88 Å². The molecule has 3 aromatic rings. The zero-order valence-electron chi connectivity index (χ0n) is 16.4. The fourth-order valence-corrected chi connectivity index (χ4v) is 3.67. The minimum absolute atomic E-state index is 0.0376. The van der Waals surface area contributed by atoms with Crippen molar-refractivity contribution in [2.24, 2.45) is 0 Å². The van der Waals surface area contributed by atoms with Crippen molar-refractivity contribution in [3.05, 3.63) is 59.8 Å². The van der Waals surface area contributed by atoms with Gasteiger partial charge in [-0.3, -0.25) is 0 Å². The first-order valence-corrected chi connectivity index (χ1v) is 9.70.